The van der Waals surface area contributed by atoms with Gasteiger partial charge in [-0.05, 0) is 0 Å². The first kappa shape index (κ1) is 33.3. The molecule has 3 aliphatic rings. The standard InChI is InChI=1S/C23H39NO15S/c1-9-8-35-23(22(32)33,5-11(9)28)39-19-15(29)12(6-25)36-21(17(19)31)38-18-13(7-26)37-20(34-3-4-40)14(16(18)30)24-10(2)27/h9,11-21,25-26,28-31,40H,3-8H2,1-2H3,(H,24,27)(H,32,33)/t9-,11+,12?,13?,14-,15-,16+,17-,18+,19-,20?,21?,23-/m0/s1. The average Bonchev–Trinajstić information content (AvgIpc) is 2.91. The van der Waals surface area contributed by atoms with Gasteiger partial charge < -0.3 is 69.5 Å². The first-order valence-corrected chi connectivity index (χ1v) is 13.5. The number of rotatable bonds is 11. The highest BCUT2D eigenvalue weighted by molar-refractivity contribution is 7.80. The fourth-order valence-corrected chi connectivity index (χ4v) is 4.91. The van der Waals surface area contributed by atoms with Gasteiger partial charge in [-0.3, -0.25) is 4.79 Å². The third kappa shape index (κ3) is 7.23. The molecule has 0 radical (unpaired) electrons. The lowest BCUT2D eigenvalue weighted by atomic mass is 9.92. The van der Waals surface area contributed by atoms with Crippen molar-refractivity contribution in [2.24, 2.45) is 5.92 Å². The highest BCUT2D eigenvalue weighted by atomic mass is 32.1. The third-order valence-electron chi connectivity index (χ3n) is 7.08. The number of aliphatic hydroxyl groups is 6. The van der Waals surface area contributed by atoms with Crippen molar-refractivity contribution in [2.45, 2.75) is 93.5 Å². The Morgan fingerprint density at radius 2 is 1.65 bits per heavy atom. The number of aliphatic hydroxyl groups excluding tert-OH is 6. The summed E-state index contributed by atoms with van der Waals surface area (Å²) in [5, 5.41) is 75.4. The molecule has 3 fully saturated rings. The number of carboxylic acids is 1. The molecular formula is C23H39NO15S. The first-order valence-electron chi connectivity index (χ1n) is 12.8. The van der Waals surface area contributed by atoms with Gasteiger partial charge in [0.05, 0.1) is 32.5 Å². The van der Waals surface area contributed by atoms with E-state index in [0.29, 0.717) is 5.75 Å². The van der Waals surface area contributed by atoms with E-state index in [2.05, 4.69) is 17.9 Å². The Hall–Kier alpha value is -1.19. The molecule has 4 unspecified atom stereocenters. The third-order valence-corrected chi connectivity index (χ3v) is 7.26. The number of thiol groups is 1. The molecule has 17 heteroatoms. The molecule has 0 saturated carbocycles. The molecule has 16 nitrogen and oxygen atoms in total. The van der Waals surface area contributed by atoms with Gasteiger partial charge in [-0.25, -0.2) is 4.79 Å². The molecular weight excluding hydrogens is 562 g/mol. The summed E-state index contributed by atoms with van der Waals surface area (Å²) < 4.78 is 33.5. The van der Waals surface area contributed by atoms with E-state index in [1.54, 1.807) is 6.92 Å². The lowest BCUT2D eigenvalue weighted by Crippen LogP contribution is -2.68. The Morgan fingerprint density at radius 1 is 1.00 bits per heavy atom. The summed E-state index contributed by atoms with van der Waals surface area (Å²) in [6.07, 6.45) is -15.9. The van der Waals surface area contributed by atoms with E-state index in [1.165, 1.54) is 6.92 Å². The van der Waals surface area contributed by atoms with Crippen molar-refractivity contribution < 1.29 is 73.8 Å². The van der Waals surface area contributed by atoms with E-state index in [-0.39, 0.29) is 13.2 Å². The van der Waals surface area contributed by atoms with Crippen molar-refractivity contribution >= 4 is 24.5 Å². The molecule has 40 heavy (non-hydrogen) atoms. The fraction of sp³-hybridized carbons (Fsp3) is 0.913. The highest BCUT2D eigenvalue weighted by Gasteiger charge is 2.56. The van der Waals surface area contributed by atoms with Crippen molar-refractivity contribution in [3.63, 3.8) is 0 Å². The number of hydrogen-bond acceptors (Lipinski definition) is 15. The summed E-state index contributed by atoms with van der Waals surface area (Å²) in [4.78, 5) is 24.0. The Kier molecular flexibility index (Phi) is 11.9. The summed E-state index contributed by atoms with van der Waals surface area (Å²) in [7, 11) is 0. The quantitative estimate of drug-likeness (QED) is 0.102. The van der Waals surface area contributed by atoms with Crippen LogP contribution in [-0.2, 0) is 38.0 Å². The maximum absolute atomic E-state index is 12.2. The molecule has 3 heterocycles. The maximum Gasteiger partial charge on any atom is 0.364 e. The van der Waals surface area contributed by atoms with Gasteiger partial charge in [0.15, 0.2) is 12.6 Å². The Labute approximate surface area is 235 Å². The lowest BCUT2D eigenvalue weighted by molar-refractivity contribution is -0.375. The molecule has 0 spiro atoms. The zero-order valence-corrected chi connectivity index (χ0v) is 22.9. The molecule has 3 aliphatic heterocycles. The van der Waals surface area contributed by atoms with Gasteiger partial charge in [-0.15, -0.1) is 0 Å². The second-order valence-electron chi connectivity index (χ2n) is 10.0. The summed E-state index contributed by atoms with van der Waals surface area (Å²) in [6, 6.07) is -1.19. The summed E-state index contributed by atoms with van der Waals surface area (Å²) >= 11 is 4.05. The van der Waals surface area contributed by atoms with Crippen LogP contribution in [0.3, 0.4) is 0 Å². The van der Waals surface area contributed by atoms with Crippen molar-refractivity contribution in [2.75, 3.05) is 32.2 Å². The van der Waals surface area contributed by atoms with Crippen molar-refractivity contribution in [1.82, 2.24) is 5.32 Å². The van der Waals surface area contributed by atoms with E-state index >= 15 is 0 Å². The van der Waals surface area contributed by atoms with Crippen molar-refractivity contribution in [3.05, 3.63) is 0 Å². The average molecular weight is 602 g/mol. The topological polar surface area (TPSA) is 243 Å². The maximum atomic E-state index is 12.2. The Balaban J connectivity index is 1.86. The molecule has 3 saturated heterocycles. The van der Waals surface area contributed by atoms with Crippen LogP contribution < -0.4 is 5.32 Å². The van der Waals surface area contributed by atoms with Crippen molar-refractivity contribution in [1.29, 1.82) is 0 Å². The van der Waals surface area contributed by atoms with Crippen LogP contribution in [0.4, 0.5) is 0 Å². The molecule has 8 N–H and O–H groups in total. The number of carbonyl (C=O) groups excluding carboxylic acids is 1. The minimum absolute atomic E-state index is 0.0840. The predicted octanol–water partition coefficient (Wildman–Crippen LogP) is -4.08. The number of hydrogen-bond donors (Lipinski definition) is 9. The smallest absolute Gasteiger partial charge is 0.364 e. The monoisotopic (exact) mass is 601 g/mol. The van der Waals surface area contributed by atoms with Crippen LogP contribution in [0.2, 0.25) is 0 Å². The van der Waals surface area contributed by atoms with Crippen LogP contribution in [0, 0.1) is 5.92 Å². The second kappa shape index (κ2) is 14.3. The minimum atomic E-state index is -2.45. The minimum Gasteiger partial charge on any atom is -0.477 e. The Morgan fingerprint density at radius 3 is 2.20 bits per heavy atom. The largest absolute Gasteiger partial charge is 0.477 e. The second-order valence-corrected chi connectivity index (χ2v) is 10.5. The van der Waals surface area contributed by atoms with E-state index < -0.39 is 111 Å². The number of amides is 1. The number of nitrogens with one attached hydrogen (secondary N) is 1. The van der Waals surface area contributed by atoms with Gasteiger partial charge in [0, 0.05) is 25.0 Å². The molecule has 0 aromatic rings. The fourth-order valence-electron chi connectivity index (χ4n) is 4.81. The molecule has 3 rings (SSSR count). The van der Waals surface area contributed by atoms with E-state index in [0.717, 1.165) is 0 Å². The number of carbonyl (C=O) groups is 2. The molecule has 13 atom stereocenters. The van der Waals surface area contributed by atoms with Crippen LogP contribution >= 0.6 is 12.6 Å². The normalized spacial score (nSPS) is 44.2. The predicted molar refractivity (Wildman–Crippen MR) is 133 cm³/mol. The number of aliphatic carboxylic acids is 1. The summed E-state index contributed by atoms with van der Waals surface area (Å²) in [6.45, 7) is 1.21. The van der Waals surface area contributed by atoms with Crippen LogP contribution in [0.15, 0.2) is 0 Å². The first-order chi connectivity index (χ1) is 18.9. The molecule has 0 aromatic heterocycles. The molecule has 232 valence electrons. The number of ether oxygens (including phenoxy) is 6. The molecule has 1 amide bonds. The molecule has 0 aromatic carbocycles. The highest BCUT2D eigenvalue weighted by Crippen LogP contribution is 2.36. The van der Waals surface area contributed by atoms with E-state index in [4.69, 9.17) is 28.4 Å². The van der Waals surface area contributed by atoms with Crippen molar-refractivity contribution in [3.8, 4) is 0 Å². The van der Waals surface area contributed by atoms with Crippen LogP contribution in [0.25, 0.3) is 0 Å². The molecule has 0 bridgehead atoms. The summed E-state index contributed by atoms with van der Waals surface area (Å²) in [5.41, 5.74) is 0. The zero-order chi connectivity index (χ0) is 29.8. The van der Waals surface area contributed by atoms with Gasteiger partial charge >= 0.3 is 5.97 Å². The van der Waals surface area contributed by atoms with Gasteiger partial charge in [0.1, 0.15) is 48.8 Å². The van der Waals surface area contributed by atoms with Crippen LogP contribution in [0.1, 0.15) is 20.3 Å². The van der Waals surface area contributed by atoms with Gasteiger partial charge in [0.25, 0.3) is 5.79 Å². The van der Waals surface area contributed by atoms with Gasteiger partial charge in [0.2, 0.25) is 5.91 Å². The number of carboxylic acid groups (broad SMARTS) is 1. The van der Waals surface area contributed by atoms with E-state index in [9.17, 15) is 45.3 Å². The molecule has 0 aliphatic carbocycles. The summed E-state index contributed by atoms with van der Waals surface area (Å²) in [5.74, 6) is -4.73. The SMILES string of the molecule is CC(=O)N[C@@H]1C(OCCS)OC(CO)[C@@H](OC2OC(CO)[C@H](O)[C@H](O[C@]3(C(=O)O)C[C@@H](O)[C@@H](C)CO3)[C@@H]2O)[C@@H]1O. The lowest BCUT2D eigenvalue weighted by Gasteiger charge is -2.49. The Bertz CT molecular complexity index is 855. The van der Waals surface area contributed by atoms with Gasteiger partial charge in [-0.2, -0.15) is 12.6 Å². The van der Waals surface area contributed by atoms with Crippen LogP contribution in [-0.4, -0.2) is 153 Å². The van der Waals surface area contributed by atoms with Crippen LogP contribution in [0.5, 0.6) is 0 Å². The van der Waals surface area contributed by atoms with Gasteiger partial charge in [-0.1, -0.05) is 6.92 Å². The zero-order valence-electron chi connectivity index (χ0n) is 22.0. The van der Waals surface area contributed by atoms with E-state index in [1.807, 2.05) is 0 Å².